The molecular weight excluding hydrogens is 844 g/mol. The molecular formula is C45H74O19. The van der Waals surface area contributed by atoms with Gasteiger partial charge in [0.2, 0.25) is 0 Å². The number of aliphatic hydroxyl groups excluding tert-OH is 11. The minimum absolute atomic E-state index is 0.0745. The first-order valence-electron chi connectivity index (χ1n) is 23.9. The maximum absolute atomic E-state index is 12.0. The first kappa shape index (κ1) is 48.3. The fourth-order valence-corrected chi connectivity index (χ4v) is 14.7. The van der Waals surface area contributed by atoms with Gasteiger partial charge in [-0.05, 0) is 97.7 Å². The predicted octanol–water partition coefficient (Wildman–Crippen LogP) is -1.76. The van der Waals surface area contributed by atoms with E-state index in [2.05, 4.69) is 27.7 Å². The molecule has 64 heavy (non-hydrogen) atoms. The summed E-state index contributed by atoms with van der Waals surface area (Å²) < 4.78 is 48.8. The van der Waals surface area contributed by atoms with Crippen LogP contribution < -0.4 is 0 Å². The summed E-state index contributed by atoms with van der Waals surface area (Å²) in [6.07, 6.45) is -18.1. The van der Waals surface area contributed by atoms with E-state index in [1.807, 2.05) is 0 Å². The lowest BCUT2D eigenvalue weighted by atomic mass is 9.43. The van der Waals surface area contributed by atoms with Crippen molar-refractivity contribution in [1.82, 2.24) is 0 Å². The number of rotatable bonds is 9. The molecule has 9 fully saturated rings. The van der Waals surface area contributed by atoms with Crippen LogP contribution in [0.15, 0.2) is 0 Å². The van der Waals surface area contributed by atoms with Gasteiger partial charge >= 0.3 is 0 Å². The largest absolute Gasteiger partial charge is 0.394 e. The smallest absolute Gasteiger partial charge is 0.187 e. The minimum atomic E-state index is -1.90. The summed E-state index contributed by atoms with van der Waals surface area (Å²) >= 11 is 0. The zero-order valence-corrected chi connectivity index (χ0v) is 37.3. The van der Waals surface area contributed by atoms with Crippen LogP contribution in [0.1, 0.15) is 85.5 Å². The van der Waals surface area contributed by atoms with E-state index in [1.54, 1.807) is 0 Å². The molecule has 5 saturated heterocycles. The van der Waals surface area contributed by atoms with Gasteiger partial charge in [-0.25, -0.2) is 0 Å². The molecule has 0 bridgehead atoms. The van der Waals surface area contributed by atoms with Crippen molar-refractivity contribution >= 4 is 0 Å². The third-order valence-corrected chi connectivity index (χ3v) is 18.3. The lowest BCUT2D eigenvalue weighted by Gasteiger charge is -2.62. The molecule has 1 spiro atoms. The molecule has 11 N–H and O–H groups in total. The highest BCUT2D eigenvalue weighted by Crippen LogP contribution is 2.71. The molecule has 5 heterocycles. The van der Waals surface area contributed by atoms with Crippen LogP contribution in [-0.4, -0.2) is 199 Å². The van der Waals surface area contributed by atoms with Gasteiger partial charge in [0.25, 0.3) is 0 Å². The van der Waals surface area contributed by atoms with E-state index < -0.39 is 130 Å². The van der Waals surface area contributed by atoms with E-state index in [0.717, 1.165) is 45.1 Å². The van der Waals surface area contributed by atoms with Gasteiger partial charge in [-0.2, -0.15) is 0 Å². The molecule has 4 saturated carbocycles. The summed E-state index contributed by atoms with van der Waals surface area (Å²) in [5.41, 5.74) is -0.0398. The predicted molar refractivity (Wildman–Crippen MR) is 217 cm³/mol. The van der Waals surface area contributed by atoms with E-state index >= 15 is 0 Å². The highest BCUT2D eigenvalue weighted by Gasteiger charge is 2.70. The quantitative estimate of drug-likeness (QED) is 0.114. The molecule has 0 aromatic carbocycles. The molecule has 5 aliphatic heterocycles. The second-order valence-corrected chi connectivity index (χ2v) is 21.7. The Labute approximate surface area is 373 Å². The molecule has 19 heteroatoms. The van der Waals surface area contributed by atoms with E-state index in [-0.39, 0.29) is 22.9 Å². The zero-order chi connectivity index (χ0) is 45.8. The Kier molecular flexibility index (Phi) is 13.7. The van der Waals surface area contributed by atoms with Gasteiger partial charge in [0.05, 0.1) is 44.7 Å². The maximum Gasteiger partial charge on any atom is 0.187 e. The second-order valence-electron chi connectivity index (χ2n) is 21.7. The highest BCUT2D eigenvalue weighted by molar-refractivity contribution is 5.16. The fraction of sp³-hybridized carbons (Fsp3) is 1.00. The van der Waals surface area contributed by atoms with E-state index in [1.165, 1.54) is 0 Å². The summed E-state index contributed by atoms with van der Waals surface area (Å²) in [7, 11) is 0. The fourth-order valence-electron chi connectivity index (χ4n) is 14.7. The van der Waals surface area contributed by atoms with Crippen molar-refractivity contribution in [3.8, 4) is 0 Å². The number of fused-ring (bicyclic) bond motifs is 7. The van der Waals surface area contributed by atoms with Gasteiger partial charge in [0, 0.05) is 12.3 Å². The Balaban J connectivity index is 0.847. The maximum atomic E-state index is 12.0. The number of aliphatic hydroxyl groups is 11. The minimum Gasteiger partial charge on any atom is -0.394 e. The van der Waals surface area contributed by atoms with Gasteiger partial charge in [-0.15, -0.1) is 0 Å². The van der Waals surface area contributed by atoms with Crippen LogP contribution in [0.4, 0.5) is 0 Å². The van der Waals surface area contributed by atoms with Crippen LogP contribution in [0.2, 0.25) is 0 Å². The Morgan fingerprint density at radius 2 is 1.14 bits per heavy atom. The van der Waals surface area contributed by atoms with Gasteiger partial charge in [0.15, 0.2) is 24.7 Å². The first-order valence-corrected chi connectivity index (χ1v) is 23.9. The lowest BCUT2D eigenvalue weighted by molar-refractivity contribution is -0.390. The topological polar surface area (TPSA) is 296 Å². The molecule has 368 valence electrons. The Morgan fingerprint density at radius 1 is 0.547 bits per heavy atom. The molecule has 0 unspecified atom stereocenters. The summed E-state index contributed by atoms with van der Waals surface area (Å²) in [5.74, 6) is 1.94. The van der Waals surface area contributed by atoms with E-state index in [0.29, 0.717) is 54.8 Å². The number of hydrogen-bond acceptors (Lipinski definition) is 19. The molecule has 28 atom stereocenters. The van der Waals surface area contributed by atoms with Crippen LogP contribution in [0.3, 0.4) is 0 Å². The van der Waals surface area contributed by atoms with Crippen molar-refractivity contribution in [3.63, 3.8) is 0 Å². The molecule has 0 aromatic heterocycles. The Bertz CT molecular complexity index is 1600. The molecule has 19 nitrogen and oxygen atoms in total. The molecule has 9 aliphatic rings. The van der Waals surface area contributed by atoms with Crippen molar-refractivity contribution in [2.75, 3.05) is 26.4 Å². The van der Waals surface area contributed by atoms with Crippen LogP contribution >= 0.6 is 0 Å². The summed E-state index contributed by atoms with van der Waals surface area (Å²) in [6.45, 7) is 7.83. The summed E-state index contributed by atoms with van der Waals surface area (Å²) in [4.78, 5) is 0. The Morgan fingerprint density at radius 3 is 1.81 bits per heavy atom. The monoisotopic (exact) mass is 918 g/mol. The van der Waals surface area contributed by atoms with Crippen molar-refractivity contribution in [2.24, 2.45) is 52.3 Å². The molecule has 9 rings (SSSR count). The highest BCUT2D eigenvalue weighted by atomic mass is 16.8. The van der Waals surface area contributed by atoms with Crippen molar-refractivity contribution in [2.45, 2.75) is 202 Å². The Hall–Kier alpha value is -0.760. The first-order chi connectivity index (χ1) is 30.4. The van der Waals surface area contributed by atoms with Gasteiger partial charge in [-0.1, -0.05) is 27.7 Å². The molecule has 4 aliphatic carbocycles. The second kappa shape index (κ2) is 18.2. The SMILES string of the molecule is C[C@@H]1CC[C@@]2(OC1)O[C@H]1C[C@H]3[C@@H]4C[C@@H](O)[C@H]5C[C@@H](O[C@@H]6O[C@H](CO)[C@H](O[C@@H]7O[C@H](CO)[C@@H](O)[C@H](O)[C@H]7O[C@@H]7O[C@H](CO)[C@@H](O)[C@H](O)[C@H]7O)[C@H](O)[C@H]6O)CC[C@]5(C)[C@H]4CC[C@]3(C)[C@H]1[C@@H]2C. The van der Waals surface area contributed by atoms with Gasteiger partial charge in [0.1, 0.15) is 73.2 Å². The van der Waals surface area contributed by atoms with Crippen LogP contribution in [-0.2, 0) is 37.9 Å². The average Bonchev–Trinajstić information content (AvgIpc) is 3.73. The third-order valence-electron chi connectivity index (χ3n) is 18.3. The normalized spacial score (nSPS) is 58.6. The van der Waals surface area contributed by atoms with Gasteiger partial charge < -0.3 is 94.1 Å². The van der Waals surface area contributed by atoms with Crippen LogP contribution in [0.5, 0.6) is 0 Å². The molecule has 0 amide bonds. The van der Waals surface area contributed by atoms with Crippen molar-refractivity contribution in [3.05, 3.63) is 0 Å². The van der Waals surface area contributed by atoms with Crippen LogP contribution in [0, 0.1) is 52.3 Å². The zero-order valence-electron chi connectivity index (χ0n) is 37.3. The third kappa shape index (κ3) is 7.85. The molecule has 0 aromatic rings. The number of hydrogen-bond donors (Lipinski definition) is 11. The summed E-state index contributed by atoms with van der Waals surface area (Å²) in [6, 6.07) is 0. The summed E-state index contributed by atoms with van der Waals surface area (Å²) in [5, 5.41) is 118. The van der Waals surface area contributed by atoms with Crippen molar-refractivity contribution < 1.29 is 94.1 Å². The van der Waals surface area contributed by atoms with E-state index in [4.69, 9.17) is 37.9 Å². The van der Waals surface area contributed by atoms with E-state index in [9.17, 15) is 56.2 Å². The van der Waals surface area contributed by atoms with Crippen molar-refractivity contribution in [1.29, 1.82) is 0 Å². The number of ether oxygens (including phenoxy) is 8. The van der Waals surface area contributed by atoms with Gasteiger partial charge in [-0.3, -0.25) is 0 Å². The standard InChI is InChI=1S/C45H74O19/c1-18-5-10-45(57-17-18)19(2)30-26(64-45)13-23-21-12-25(49)24-11-20(6-8-43(24,3)22(21)7-9-44(23,30)4)58-40-37(56)35(54)38(29(16-48)61-40)62-42-39(34(53)32(51)28(15-47)60-42)63-41-36(55)33(52)31(50)27(14-46)59-41/h18-42,46-56H,5-17H2,1-4H3/t18-,19+,20+,21-,22+,23+,24-,25-,26+,27-,28-,29-,30+,31-,32-,33+,34+,35-,36-,37-,38+,39-,40-,41+,42+,43-,44+,45-/m1/s1. The molecule has 0 radical (unpaired) electrons. The van der Waals surface area contributed by atoms with Crippen LogP contribution in [0.25, 0.3) is 0 Å². The average molecular weight is 919 g/mol. The lowest BCUT2D eigenvalue weighted by Crippen LogP contribution is -2.67.